The van der Waals surface area contributed by atoms with E-state index in [0.717, 1.165) is 18.1 Å². The van der Waals surface area contributed by atoms with Gasteiger partial charge in [0.15, 0.2) is 0 Å². The van der Waals surface area contributed by atoms with Crippen LogP contribution < -0.4 is 10.4 Å². The summed E-state index contributed by atoms with van der Waals surface area (Å²) in [5.41, 5.74) is 1.37. The summed E-state index contributed by atoms with van der Waals surface area (Å²) in [6.07, 6.45) is 2.37. The minimum absolute atomic E-state index is 0.0380. The second-order valence-electron chi connectivity index (χ2n) is 9.56. The van der Waals surface area contributed by atoms with Gasteiger partial charge in [0, 0.05) is 11.6 Å². The third-order valence-corrected chi connectivity index (χ3v) is 11.7. The average molecular weight is 435 g/mol. The molecule has 0 spiro atoms. The highest BCUT2D eigenvalue weighted by atomic mass is 35.5. The van der Waals surface area contributed by atoms with E-state index in [4.69, 9.17) is 16.0 Å². The lowest BCUT2D eigenvalue weighted by Gasteiger charge is -2.43. The van der Waals surface area contributed by atoms with E-state index in [1.54, 1.807) is 0 Å². The Morgan fingerprint density at radius 2 is 1.33 bits per heavy atom. The zero-order valence-electron chi connectivity index (χ0n) is 18.1. The van der Waals surface area contributed by atoms with Crippen molar-refractivity contribution in [2.75, 3.05) is 6.61 Å². The number of hydrogen-bond acceptors (Lipinski definition) is 1. The van der Waals surface area contributed by atoms with Gasteiger partial charge >= 0.3 is 0 Å². The maximum absolute atomic E-state index is 7.10. The van der Waals surface area contributed by atoms with Crippen molar-refractivity contribution in [1.82, 2.24) is 0 Å². The summed E-state index contributed by atoms with van der Waals surface area (Å²) in [7, 11) is -2.42. The maximum Gasteiger partial charge on any atom is 0.261 e. The molecule has 0 N–H and O–H groups in total. The highest BCUT2D eigenvalue weighted by Crippen LogP contribution is 2.44. The van der Waals surface area contributed by atoms with E-state index in [2.05, 4.69) is 93.6 Å². The van der Waals surface area contributed by atoms with Gasteiger partial charge < -0.3 is 4.43 Å². The molecular formula is C27H31ClOSi. The molecule has 30 heavy (non-hydrogen) atoms. The molecule has 0 saturated heterocycles. The summed E-state index contributed by atoms with van der Waals surface area (Å²) in [6.45, 7) is 7.87. The van der Waals surface area contributed by atoms with Crippen LogP contribution in [0.25, 0.3) is 0 Å². The molecule has 1 saturated carbocycles. The smallest absolute Gasteiger partial charge is 0.261 e. The molecule has 0 heterocycles. The summed E-state index contributed by atoms with van der Waals surface area (Å²) in [5, 5.41) is 3.56. The lowest BCUT2D eigenvalue weighted by molar-refractivity contribution is 0.274. The summed E-state index contributed by atoms with van der Waals surface area (Å²) in [5.74, 6) is 1.35. The Hall–Kier alpha value is -1.87. The van der Waals surface area contributed by atoms with E-state index in [1.807, 2.05) is 12.1 Å². The third-order valence-electron chi connectivity index (χ3n) is 6.41. The van der Waals surface area contributed by atoms with Gasteiger partial charge in [-0.1, -0.05) is 105 Å². The average Bonchev–Trinajstić information content (AvgIpc) is 3.48. The molecule has 0 aromatic heterocycles. The highest BCUT2D eigenvalue weighted by molar-refractivity contribution is 6.99. The van der Waals surface area contributed by atoms with Gasteiger partial charge in [-0.2, -0.15) is 0 Å². The van der Waals surface area contributed by atoms with Crippen LogP contribution in [0.15, 0.2) is 84.9 Å². The summed E-state index contributed by atoms with van der Waals surface area (Å²) < 4.78 is 7.10. The van der Waals surface area contributed by atoms with Crippen LogP contribution in [-0.4, -0.2) is 14.9 Å². The SMILES string of the molecule is CC(C)(C)[Si](OC[C@@H]1C[C@@H]1Cc1ccc(Cl)cc1)(c1ccccc1)c1ccccc1. The van der Waals surface area contributed by atoms with Crippen molar-refractivity contribution in [1.29, 1.82) is 0 Å². The van der Waals surface area contributed by atoms with Crippen LogP contribution in [0.2, 0.25) is 10.1 Å². The third kappa shape index (κ3) is 4.41. The maximum atomic E-state index is 7.10. The van der Waals surface area contributed by atoms with Crippen LogP contribution in [0.4, 0.5) is 0 Å². The first-order valence-electron chi connectivity index (χ1n) is 10.9. The lowest BCUT2D eigenvalue weighted by Crippen LogP contribution is -2.66. The molecule has 3 aromatic rings. The largest absolute Gasteiger partial charge is 0.407 e. The number of halogens is 1. The van der Waals surface area contributed by atoms with E-state index in [-0.39, 0.29) is 5.04 Å². The predicted molar refractivity (Wildman–Crippen MR) is 130 cm³/mol. The van der Waals surface area contributed by atoms with E-state index in [0.29, 0.717) is 11.8 Å². The Labute approximate surface area is 187 Å². The van der Waals surface area contributed by atoms with Crippen LogP contribution in [0.1, 0.15) is 32.8 Å². The van der Waals surface area contributed by atoms with Crippen molar-refractivity contribution >= 4 is 30.3 Å². The van der Waals surface area contributed by atoms with Crippen LogP contribution in [0.3, 0.4) is 0 Å². The molecule has 3 aromatic carbocycles. The molecule has 1 fully saturated rings. The first-order chi connectivity index (χ1) is 14.4. The van der Waals surface area contributed by atoms with Gasteiger partial charge in [0.1, 0.15) is 0 Å². The molecule has 0 amide bonds. The van der Waals surface area contributed by atoms with Crippen molar-refractivity contribution in [2.45, 2.75) is 38.7 Å². The fourth-order valence-electron chi connectivity index (χ4n) is 4.68. The van der Waals surface area contributed by atoms with Crippen LogP contribution >= 0.6 is 11.6 Å². The molecule has 1 aliphatic rings. The van der Waals surface area contributed by atoms with E-state index in [1.165, 1.54) is 22.4 Å². The molecule has 0 bridgehead atoms. The second kappa shape index (κ2) is 8.70. The van der Waals surface area contributed by atoms with Crippen molar-refractivity contribution < 1.29 is 4.43 Å². The molecule has 0 radical (unpaired) electrons. The monoisotopic (exact) mass is 434 g/mol. The summed E-state index contributed by atoms with van der Waals surface area (Å²) in [4.78, 5) is 0. The van der Waals surface area contributed by atoms with Gasteiger partial charge in [0.2, 0.25) is 0 Å². The molecule has 1 nitrogen and oxygen atoms in total. The van der Waals surface area contributed by atoms with Gasteiger partial charge in [-0.15, -0.1) is 0 Å². The van der Waals surface area contributed by atoms with Gasteiger partial charge in [-0.3, -0.25) is 0 Å². The number of rotatable bonds is 7. The normalized spacial score (nSPS) is 18.9. The Bertz CT molecular complexity index is 908. The summed E-state index contributed by atoms with van der Waals surface area (Å²) >= 11 is 6.04. The highest BCUT2D eigenvalue weighted by Gasteiger charge is 2.51. The topological polar surface area (TPSA) is 9.23 Å². The van der Waals surface area contributed by atoms with Crippen molar-refractivity contribution in [3.05, 3.63) is 95.5 Å². The molecule has 4 rings (SSSR count). The second-order valence-corrected chi connectivity index (χ2v) is 14.3. The van der Waals surface area contributed by atoms with Crippen LogP contribution in [0.5, 0.6) is 0 Å². The zero-order valence-corrected chi connectivity index (χ0v) is 19.9. The van der Waals surface area contributed by atoms with Crippen LogP contribution in [0, 0.1) is 11.8 Å². The lowest BCUT2D eigenvalue weighted by atomic mass is 10.1. The fraction of sp³-hybridized carbons (Fsp3) is 0.333. The van der Waals surface area contributed by atoms with Crippen LogP contribution in [-0.2, 0) is 10.8 Å². The molecule has 156 valence electrons. The minimum Gasteiger partial charge on any atom is -0.407 e. The van der Waals surface area contributed by atoms with Crippen molar-refractivity contribution in [3.63, 3.8) is 0 Å². The zero-order chi connectivity index (χ0) is 21.2. The molecule has 2 atom stereocenters. The molecule has 0 aliphatic heterocycles. The standard InChI is InChI=1S/C27H31ClOSi/c1-27(2,3)30(25-10-6-4-7-11-25,26-12-8-5-9-13-26)29-20-23-19-22(23)18-21-14-16-24(28)17-15-21/h4-17,22-23H,18-20H2,1-3H3/t22-,23-/m0/s1. The Morgan fingerprint density at radius 3 is 1.83 bits per heavy atom. The molecular weight excluding hydrogens is 404 g/mol. The molecule has 3 heteroatoms. The predicted octanol–water partition coefficient (Wildman–Crippen LogP) is 6.10. The van der Waals surface area contributed by atoms with Gasteiger partial charge in [0.05, 0.1) is 0 Å². The fourth-order valence-corrected chi connectivity index (χ4v) is 9.43. The van der Waals surface area contributed by atoms with E-state index in [9.17, 15) is 0 Å². The number of benzene rings is 3. The first kappa shape index (κ1) is 21.4. The Kier molecular flexibility index (Phi) is 6.20. The van der Waals surface area contributed by atoms with E-state index < -0.39 is 8.32 Å². The number of hydrogen-bond donors (Lipinski definition) is 0. The van der Waals surface area contributed by atoms with Crippen molar-refractivity contribution in [2.24, 2.45) is 11.8 Å². The van der Waals surface area contributed by atoms with Crippen molar-refractivity contribution in [3.8, 4) is 0 Å². The Balaban J connectivity index is 1.56. The van der Waals surface area contributed by atoms with Gasteiger partial charge in [-0.05, 0) is 57.8 Å². The quantitative estimate of drug-likeness (QED) is 0.408. The minimum atomic E-state index is -2.42. The van der Waals surface area contributed by atoms with Gasteiger partial charge in [0.25, 0.3) is 8.32 Å². The van der Waals surface area contributed by atoms with Gasteiger partial charge in [-0.25, -0.2) is 0 Å². The Morgan fingerprint density at radius 1 is 0.800 bits per heavy atom. The summed E-state index contributed by atoms with van der Waals surface area (Å²) in [6, 6.07) is 30.1. The first-order valence-corrected chi connectivity index (χ1v) is 13.2. The molecule has 1 aliphatic carbocycles. The van der Waals surface area contributed by atoms with E-state index >= 15 is 0 Å². The molecule has 0 unspecified atom stereocenters.